The highest BCUT2D eigenvalue weighted by Crippen LogP contribution is 2.49. The molecule has 0 saturated carbocycles. The fourth-order valence-electron chi connectivity index (χ4n) is 4.36. The maximum Gasteiger partial charge on any atom is 0.338 e. The quantitative estimate of drug-likeness (QED) is 0.558. The van der Waals surface area contributed by atoms with Crippen molar-refractivity contribution >= 4 is 17.9 Å². The van der Waals surface area contributed by atoms with Crippen molar-refractivity contribution in [3.63, 3.8) is 0 Å². The first kappa shape index (κ1) is 19.2. The van der Waals surface area contributed by atoms with Gasteiger partial charge in [0.05, 0.1) is 18.1 Å². The predicted molar refractivity (Wildman–Crippen MR) is 100 cm³/mol. The van der Waals surface area contributed by atoms with Gasteiger partial charge in [0.2, 0.25) is 0 Å². The molecule has 3 heterocycles. The Labute approximate surface area is 168 Å². The van der Waals surface area contributed by atoms with Crippen LogP contribution in [0.15, 0.2) is 58.5 Å². The van der Waals surface area contributed by atoms with Crippen molar-refractivity contribution < 1.29 is 33.0 Å². The molecule has 1 aromatic rings. The van der Waals surface area contributed by atoms with E-state index in [1.807, 2.05) is 19.1 Å². The van der Waals surface area contributed by atoms with Gasteiger partial charge in [-0.15, -0.1) is 0 Å². The number of allylic oxidation sites excluding steroid dienone is 3. The standard InChI is InChI=1S/C22H22O7/c1-13(23)28-17-9-15-12-27-20(24)16(15)5-3-4-7-22(2)10-18(14-6-8-26-11-14)29-21(25)19(17)22/h3-8,11,17-19H,9-10,12H2,1-2H3/b5-3-,7-4+/t17-,18+,19+,22-/m0/s1. The van der Waals surface area contributed by atoms with Gasteiger partial charge in [-0.05, 0) is 24.1 Å². The van der Waals surface area contributed by atoms with Gasteiger partial charge in [-0.25, -0.2) is 4.79 Å². The first-order valence-electron chi connectivity index (χ1n) is 9.52. The van der Waals surface area contributed by atoms with Crippen molar-refractivity contribution in [3.05, 3.63) is 59.6 Å². The van der Waals surface area contributed by atoms with Gasteiger partial charge in [-0.1, -0.05) is 25.2 Å². The lowest BCUT2D eigenvalue weighted by Gasteiger charge is -2.44. The summed E-state index contributed by atoms with van der Waals surface area (Å²) in [6.07, 6.45) is 9.80. The van der Waals surface area contributed by atoms with E-state index >= 15 is 0 Å². The van der Waals surface area contributed by atoms with E-state index in [0.29, 0.717) is 17.6 Å². The van der Waals surface area contributed by atoms with Gasteiger partial charge in [0, 0.05) is 24.3 Å². The first-order chi connectivity index (χ1) is 13.9. The Bertz CT molecular complexity index is 921. The topological polar surface area (TPSA) is 92.0 Å². The van der Waals surface area contributed by atoms with Crippen LogP contribution in [0.2, 0.25) is 0 Å². The van der Waals surface area contributed by atoms with Crippen molar-refractivity contribution in [1.29, 1.82) is 0 Å². The van der Waals surface area contributed by atoms with Crippen molar-refractivity contribution in [3.8, 4) is 0 Å². The van der Waals surface area contributed by atoms with Crippen molar-refractivity contribution in [1.82, 2.24) is 0 Å². The third-order valence-corrected chi connectivity index (χ3v) is 5.73. The highest BCUT2D eigenvalue weighted by atomic mass is 16.6. The molecule has 0 spiro atoms. The number of rotatable bonds is 2. The number of carbonyl (C=O) groups excluding carboxylic acids is 3. The SMILES string of the molecule is CC(=O)O[C@H]1CC2=C(/C=C\C=C\[C@@]3(C)C[C@H](c4ccoc4)OC(=O)[C@@H]13)C(=O)OC2. The summed E-state index contributed by atoms with van der Waals surface area (Å²) in [4.78, 5) is 37.0. The summed E-state index contributed by atoms with van der Waals surface area (Å²) in [6.45, 7) is 3.38. The Morgan fingerprint density at radius 1 is 1.28 bits per heavy atom. The Hall–Kier alpha value is -3.09. The van der Waals surface area contributed by atoms with Gasteiger partial charge in [-0.2, -0.15) is 0 Å². The van der Waals surface area contributed by atoms with E-state index in [1.165, 1.54) is 13.2 Å². The van der Waals surface area contributed by atoms with Crippen LogP contribution < -0.4 is 0 Å². The van der Waals surface area contributed by atoms with E-state index in [-0.39, 0.29) is 13.0 Å². The molecule has 0 unspecified atom stereocenters. The zero-order valence-corrected chi connectivity index (χ0v) is 16.3. The van der Waals surface area contributed by atoms with Crippen LogP contribution in [0, 0.1) is 11.3 Å². The molecular formula is C22H22O7. The highest BCUT2D eigenvalue weighted by Gasteiger charge is 2.51. The Kier molecular flexibility index (Phi) is 4.90. The average molecular weight is 398 g/mol. The van der Waals surface area contributed by atoms with Crippen molar-refractivity contribution in [2.24, 2.45) is 11.3 Å². The van der Waals surface area contributed by atoms with E-state index in [2.05, 4.69) is 0 Å². The molecule has 0 aromatic carbocycles. The molecule has 0 amide bonds. The maximum atomic E-state index is 13.1. The lowest BCUT2D eigenvalue weighted by Crippen LogP contribution is -2.48. The molecule has 1 fully saturated rings. The summed E-state index contributed by atoms with van der Waals surface area (Å²) in [5, 5.41) is 0. The maximum absolute atomic E-state index is 13.1. The zero-order chi connectivity index (χ0) is 20.6. The predicted octanol–water partition coefficient (Wildman–Crippen LogP) is 3.19. The summed E-state index contributed by atoms with van der Waals surface area (Å²) >= 11 is 0. The van der Waals surface area contributed by atoms with Gasteiger partial charge < -0.3 is 18.6 Å². The van der Waals surface area contributed by atoms with Gasteiger partial charge in [0.15, 0.2) is 0 Å². The first-order valence-corrected chi connectivity index (χ1v) is 9.52. The summed E-state index contributed by atoms with van der Waals surface area (Å²) < 4.78 is 21.6. The Balaban J connectivity index is 1.75. The zero-order valence-electron chi connectivity index (χ0n) is 16.3. The molecule has 7 heteroatoms. The molecule has 7 nitrogen and oxygen atoms in total. The van der Waals surface area contributed by atoms with Crippen LogP contribution in [0.5, 0.6) is 0 Å². The number of hydrogen-bond donors (Lipinski definition) is 0. The molecule has 0 radical (unpaired) electrons. The minimum absolute atomic E-state index is 0.121. The molecule has 1 aromatic heterocycles. The second-order valence-electron chi connectivity index (χ2n) is 7.83. The van der Waals surface area contributed by atoms with Gasteiger partial charge in [-0.3, -0.25) is 9.59 Å². The normalized spacial score (nSPS) is 33.8. The largest absolute Gasteiger partial charge is 0.472 e. The monoisotopic (exact) mass is 398 g/mol. The molecule has 2 aliphatic heterocycles. The van der Waals surface area contributed by atoms with Gasteiger partial charge in [0.25, 0.3) is 0 Å². The van der Waals surface area contributed by atoms with Crippen LogP contribution in [0.3, 0.4) is 0 Å². The number of ether oxygens (including phenoxy) is 3. The number of furan rings is 1. The highest BCUT2D eigenvalue weighted by molar-refractivity contribution is 5.95. The fourth-order valence-corrected chi connectivity index (χ4v) is 4.36. The third-order valence-electron chi connectivity index (χ3n) is 5.73. The third kappa shape index (κ3) is 3.64. The summed E-state index contributed by atoms with van der Waals surface area (Å²) in [7, 11) is 0. The van der Waals surface area contributed by atoms with E-state index in [4.69, 9.17) is 18.6 Å². The molecule has 0 bridgehead atoms. The number of fused-ring (bicyclic) bond motifs is 1. The van der Waals surface area contributed by atoms with Crippen LogP contribution in [0.4, 0.5) is 0 Å². The van der Waals surface area contributed by atoms with Crippen LogP contribution in [0.25, 0.3) is 0 Å². The molecule has 0 N–H and O–H groups in total. The second kappa shape index (κ2) is 7.39. The molecule has 29 heavy (non-hydrogen) atoms. The molecule has 152 valence electrons. The Morgan fingerprint density at radius 3 is 2.83 bits per heavy atom. The molecule has 1 aliphatic carbocycles. The summed E-state index contributed by atoms with van der Waals surface area (Å²) in [5.41, 5.74) is 1.29. The van der Waals surface area contributed by atoms with Crippen molar-refractivity contribution in [2.45, 2.75) is 38.9 Å². The number of hydrogen-bond acceptors (Lipinski definition) is 7. The lowest BCUT2D eigenvalue weighted by molar-refractivity contribution is -0.182. The molecular weight excluding hydrogens is 376 g/mol. The molecule has 3 aliphatic rings. The van der Waals surface area contributed by atoms with Crippen LogP contribution >= 0.6 is 0 Å². The minimum atomic E-state index is -0.772. The van der Waals surface area contributed by atoms with Gasteiger partial charge in [0.1, 0.15) is 24.7 Å². The van der Waals surface area contributed by atoms with E-state index in [1.54, 1.807) is 24.5 Å². The molecule has 4 atom stereocenters. The number of esters is 3. The van der Waals surface area contributed by atoms with Crippen LogP contribution in [-0.2, 0) is 28.6 Å². The second-order valence-corrected chi connectivity index (χ2v) is 7.83. The molecule has 4 rings (SSSR count). The van der Waals surface area contributed by atoms with Crippen LogP contribution in [0.1, 0.15) is 38.4 Å². The Morgan fingerprint density at radius 2 is 2.10 bits per heavy atom. The fraction of sp³-hybridized carbons (Fsp3) is 0.409. The molecule has 1 saturated heterocycles. The minimum Gasteiger partial charge on any atom is -0.472 e. The smallest absolute Gasteiger partial charge is 0.338 e. The average Bonchev–Trinajstić information content (AvgIpc) is 3.29. The lowest BCUT2D eigenvalue weighted by atomic mass is 9.67. The van der Waals surface area contributed by atoms with Crippen LogP contribution in [-0.4, -0.2) is 30.6 Å². The summed E-state index contributed by atoms with van der Waals surface area (Å²) in [5.74, 6) is -2.08. The number of cyclic esters (lactones) is 2. The summed E-state index contributed by atoms with van der Waals surface area (Å²) in [6, 6.07) is 1.77. The van der Waals surface area contributed by atoms with Crippen molar-refractivity contribution in [2.75, 3.05) is 6.61 Å². The van der Waals surface area contributed by atoms with E-state index in [9.17, 15) is 14.4 Å². The van der Waals surface area contributed by atoms with E-state index < -0.39 is 41.4 Å². The van der Waals surface area contributed by atoms with Gasteiger partial charge >= 0.3 is 17.9 Å². The number of carbonyl (C=O) groups is 3. The van der Waals surface area contributed by atoms with E-state index in [0.717, 1.165) is 5.56 Å².